The number of hydrogen-bond acceptors (Lipinski definition) is 6. The van der Waals surface area contributed by atoms with Crippen LogP contribution in [0.15, 0.2) is 53.7 Å². The Labute approximate surface area is 197 Å². The summed E-state index contributed by atoms with van der Waals surface area (Å²) >= 11 is 6.43. The molecule has 5 rings (SSSR count). The SMILES string of the molecule is COc1ccc(OC)c(C2C3=C(CC(C)(C)CC3=O)Nc3nc(-c4ccccc4Cl)nn32)c1. The second kappa shape index (κ2) is 7.92. The van der Waals surface area contributed by atoms with Crippen LogP contribution in [-0.2, 0) is 4.79 Å². The first kappa shape index (κ1) is 21.5. The number of ether oxygens (including phenoxy) is 2. The molecule has 3 aromatic rings. The van der Waals surface area contributed by atoms with Gasteiger partial charge in [-0.05, 0) is 42.2 Å². The van der Waals surface area contributed by atoms with Gasteiger partial charge >= 0.3 is 0 Å². The van der Waals surface area contributed by atoms with E-state index in [4.69, 9.17) is 31.2 Å². The number of rotatable bonds is 4. The lowest BCUT2D eigenvalue weighted by molar-refractivity contribution is -0.118. The number of fused-ring (bicyclic) bond motifs is 1. The molecule has 1 atom stereocenters. The van der Waals surface area contributed by atoms with E-state index in [-0.39, 0.29) is 11.2 Å². The second-order valence-corrected chi connectivity index (χ2v) is 9.56. The summed E-state index contributed by atoms with van der Waals surface area (Å²) in [4.78, 5) is 18.2. The minimum Gasteiger partial charge on any atom is -0.497 e. The van der Waals surface area contributed by atoms with Gasteiger partial charge < -0.3 is 14.8 Å². The molecule has 0 saturated heterocycles. The molecule has 0 fully saturated rings. The van der Waals surface area contributed by atoms with Crippen LogP contribution in [0.25, 0.3) is 11.4 Å². The van der Waals surface area contributed by atoms with E-state index in [0.717, 1.165) is 23.2 Å². The minimum absolute atomic E-state index is 0.0871. The lowest BCUT2D eigenvalue weighted by Crippen LogP contribution is -2.36. The van der Waals surface area contributed by atoms with Crippen molar-refractivity contribution in [1.82, 2.24) is 14.8 Å². The number of benzene rings is 2. The van der Waals surface area contributed by atoms with Gasteiger partial charge in [0.25, 0.3) is 0 Å². The van der Waals surface area contributed by atoms with Crippen LogP contribution in [0.5, 0.6) is 11.5 Å². The summed E-state index contributed by atoms with van der Waals surface area (Å²) in [7, 11) is 3.23. The molecule has 8 heteroatoms. The zero-order valence-corrected chi connectivity index (χ0v) is 19.7. The maximum absolute atomic E-state index is 13.5. The van der Waals surface area contributed by atoms with E-state index in [1.165, 1.54) is 0 Å². The van der Waals surface area contributed by atoms with Gasteiger partial charge in [-0.3, -0.25) is 4.79 Å². The molecule has 170 valence electrons. The van der Waals surface area contributed by atoms with Crippen LogP contribution in [-0.4, -0.2) is 34.8 Å². The summed E-state index contributed by atoms with van der Waals surface area (Å²) in [6.07, 6.45) is 1.18. The Balaban J connectivity index is 1.75. The molecule has 2 aromatic carbocycles. The number of allylic oxidation sites excluding steroid dienone is 2. The number of nitrogens with zero attached hydrogens (tertiary/aromatic N) is 3. The lowest BCUT2D eigenvalue weighted by atomic mass is 9.73. The highest BCUT2D eigenvalue weighted by molar-refractivity contribution is 6.33. The smallest absolute Gasteiger partial charge is 0.226 e. The standard InChI is InChI=1S/C25H25ClN4O3/c1-25(2)12-18-21(19(31)13-25)22(16-11-14(32-3)9-10-20(16)33-4)30-24(27-18)28-23(29-30)15-7-5-6-8-17(15)26/h5-11,22H,12-13H2,1-4H3,(H,27,28,29). The zero-order valence-electron chi connectivity index (χ0n) is 19.0. The van der Waals surface area contributed by atoms with Crippen molar-refractivity contribution in [3.63, 3.8) is 0 Å². The first-order valence-corrected chi connectivity index (χ1v) is 11.2. The van der Waals surface area contributed by atoms with E-state index in [1.54, 1.807) is 18.9 Å². The molecular weight excluding hydrogens is 440 g/mol. The first-order chi connectivity index (χ1) is 15.8. The third kappa shape index (κ3) is 3.66. The Morgan fingerprint density at radius 2 is 1.91 bits per heavy atom. The van der Waals surface area contributed by atoms with Gasteiger partial charge in [-0.2, -0.15) is 4.98 Å². The lowest BCUT2D eigenvalue weighted by Gasteiger charge is -2.38. The number of halogens is 1. The maximum Gasteiger partial charge on any atom is 0.226 e. The highest BCUT2D eigenvalue weighted by atomic mass is 35.5. The predicted molar refractivity (Wildman–Crippen MR) is 127 cm³/mol. The molecule has 0 bridgehead atoms. The van der Waals surface area contributed by atoms with Crippen molar-refractivity contribution in [2.75, 3.05) is 19.5 Å². The van der Waals surface area contributed by atoms with E-state index >= 15 is 0 Å². The van der Waals surface area contributed by atoms with Gasteiger partial charge in [0.2, 0.25) is 5.95 Å². The molecule has 2 heterocycles. The second-order valence-electron chi connectivity index (χ2n) is 9.15. The molecule has 0 saturated carbocycles. The van der Waals surface area contributed by atoms with Gasteiger partial charge in [0, 0.05) is 28.8 Å². The number of hydrogen-bond donors (Lipinski definition) is 1. The molecule has 0 spiro atoms. The molecule has 33 heavy (non-hydrogen) atoms. The van der Waals surface area contributed by atoms with E-state index in [1.807, 2.05) is 42.5 Å². The summed E-state index contributed by atoms with van der Waals surface area (Å²) < 4.78 is 12.9. The van der Waals surface area contributed by atoms with Gasteiger partial charge in [0.1, 0.15) is 17.5 Å². The maximum atomic E-state index is 13.5. The number of anilines is 1. The highest BCUT2D eigenvalue weighted by Crippen LogP contribution is 2.48. The summed E-state index contributed by atoms with van der Waals surface area (Å²) in [6, 6.07) is 12.5. The molecule has 0 radical (unpaired) electrons. The molecule has 1 aromatic heterocycles. The van der Waals surface area contributed by atoms with Crippen LogP contribution >= 0.6 is 11.6 Å². The van der Waals surface area contributed by atoms with Gasteiger partial charge in [-0.15, -0.1) is 5.10 Å². The summed E-state index contributed by atoms with van der Waals surface area (Å²) in [6.45, 7) is 4.21. The quantitative estimate of drug-likeness (QED) is 0.566. The van der Waals surface area contributed by atoms with Crippen molar-refractivity contribution in [3.05, 3.63) is 64.3 Å². The Bertz CT molecular complexity index is 1290. The van der Waals surface area contributed by atoms with Gasteiger partial charge in [-0.1, -0.05) is 37.6 Å². The van der Waals surface area contributed by atoms with Crippen LogP contribution in [0.1, 0.15) is 38.3 Å². The Morgan fingerprint density at radius 3 is 2.64 bits per heavy atom. The number of nitrogens with one attached hydrogen (secondary N) is 1. The average Bonchev–Trinajstić information content (AvgIpc) is 3.20. The molecule has 0 amide bonds. The van der Waals surface area contributed by atoms with Crippen LogP contribution in [0.3, 0.4) is 0 Å². The van der Waals surface area contributed by atoms with Gasteiger partial charge in [0.15, 0.2) is 11.6 Å². The minimum atomic E-state index is -0.506. The fraction of sp³-hybridized carbons (Fsp3) is 0.320. The summed E-state index contributed by atoms with van der Waals surface area (Å²) in [5.74, 6) is 2.45. The van der Waals surface area contributed by atoms with Crippen LogP contribution in [0, 0.1) is 5.41 Å². The molecule has 1 aliphatic carbocycles. The van der Waals surface area contributed by atoms with E-state index in [2.05, 4.69) is 19.2 Å². The third-order valence-corrected chi connectivity index (χ3v) is 6.51. The molecule has 2 aliphatic rings. The van der Waals surface area contributed by atoms with E-state index in [0.29, 0.717) is 40.3 Å². The monoisotopic (exact) mass is 464 g/mol. The number of methoxy groups -OCH3 is 2. The highest BCUT2D eigenvalue weighted by Gasteiger charge is 2.43. The Kier molecular flexibility index (Phi) is 5.16. The van der Waals surface area contributed by atoms with Crippen LogP contribution in [0.2, 0.25) is 5.02 Å². The Hall–Kier alpha value is -3.32. The number of Topliss-reactive ketones (excluding diaryl/α,β-unsaturated/α-hetero) is 1. The fourth-order valence-corrected chi connectivity index (χ4v) is 4.93. The van der Waals surface area contributed by atoms with Crippen molar-refractivity contribution in [2.45, 2.75) is 32.7 Å². The summed E-state index contributed by atoms with van der Waals surface area (Å²) in [5, 5.41) is 8.76. The van der Waals surface area contributed by atoms with E-state index in [9.17, 15) is 4.79 Å². The Morgan fingerprint density at radius 1 is 1.12 bits per heavy atom. The third-order valence-electron chi connectivity index (χ3n) is 6.18. The molecule has 1 N–H and O–H groups in total. The topological polar surface area (TPSA) is 78.3 Å². The number of carbonyl (C=O) groups is 1. The zero-order chi connectivity index (χ0) is 23.3. The van der Waals surface area contributed by atoms with Gasteiger partial charge in [0.05, 0.1) is 19.2 Å². The first-order valence-electron chi connectivity index (χ1n) is 10.8. The largest absolute Gasteiger partial charge is 0.497 e. The van der Waals surface area contributed by atoms with Crippen molar-refractivity contribution < 1.29 is 14.3 Å². The van der Waals surface area contributed by atoms with Crippen LogP contribution < -0.4 is 14.8 Å². The van der Waals surface area contributed by atoms with Crippen LogP contribution in [0.4, 0.5) is 5.95 Å². The predicted octanol–water partition coefficient (Wildman–Crippen LogP) is 5.27. The van der Waals surface area contributed by atoms with E-state index < -0.39 is 6.04 Å². The van der Waals surface area contributed by atoms with Gasteiger partial charge in [-0.25, -0.2) is 4.68 Å². The van der Waals surface area contributed by atoms with Crippen molar-refractivity contribution >= 4 is 23.3 Å². The normalized spacial score (nSPS) is 18.9. The van der Waals surface area contributed by atoms with Crippen molar-refractivity contribution in [2.24, 2.45) is 5.41 Å². The molecular formula is C25H25ClN4O3. The molecule has 1 unspecified atom stereocenters. The van der Waals surface area contributed by atoms with Crippen molar-refractivity contribution in [3.8, 4) is 22.9 Å². The average molecular weight is 465 g/mol. The van der Waals surface area contributed by atoms with Crippen molar-refractivity contribution in [1.29, 1.82) is 0 Å². The fourth-order valence-electron chi connectivity index (χ4n) is 4.71. The number of aromatic nitrogens is 3. The summed E-state index contributed by atoms with van der Waals surface area (Å²) in [5.41, 5.74) is 2.92. The number of carbonyl (C=O) groups excluding carboxylic acids is 1. The number of ketones is 1. The molecule has 7 nitrogen and oxygen atoms in total. The molecule has 1 aliphatic heterocycles.